The summed E-state index contributed by atoms with van der Waals surface area (Å²) in [5, 5.41) is 3.20. The topological polar surface area (TPSA) is 48.1 Å². The summed E-state index contributed by atoms with van der Waals surface area (Å²) < 4.78 is 5.72. The molecule has 0 atom stereocenters. The van der Waals surface area contributed by atoms with Gasteiger partial charge in [0.25, 0.3) is 0 Å². The molecule has 0 aliphatic rings. The minimum absolute atomic E-state index is 0.617. The molecule has 0 aliphatic carbocycles. The normalized spacial score (nSPS) is 10.7. The second-order valence-corrected chi connectivity index (χ2v) is 6.29. The Morgan fingerprint density at radius 2 is 1.78 bits per heavy atom. The van der Waals surface area contributed by atoms with Gasteiger partial charge in [-0.2, -0.15) is 0 Å². The van der Waals surface area contributed by atoms with E-state index in [0.717, 1.165) is 35.0 Å². The molecule has 1 heterocycles. The molecule has 0 unspecified atom stereocenters. The van der Waals surface area contributed by atoms with Gasteiger partial charge in [0, 0.05) is 23.1 Å². The fourth-order valence-electron chi connectivity index (χ4n) is 2.29. The molecule has 0 spiro atoms. The average molecular weight is 324 g/mol. The predicted octanol–water partition coefficient (Wildman–Crippen LogP) is 4.58. The maximum atomic E-state index is 5.72. The first-order valence-electron chi connectivity index (χ1n) is 7.76. The van der Waals surface area contributed by atoms with Crippen LogP contribution in [0.3, 0.4) is 0 Å². The lowest BCUT2D eigenvalue weighted by molar-refractivity contribution is 0.322. The lowest BCUT2D eigenvalue weighted by atomic mass is 10.1. The molecule has 2 N–H and O–H groups in total. The van der Waals surface area contributed by atoms with Crippen molar-refractivity contribution in [3.63, 3.8) is 0 Å². The number of nitrogens with two attached hydrogens (primary N) is 1. The Labute approximate surface area is 140 Å². The highest BCUT2D eigenvalue weighted by atomic mass is 32.1. The van der Waals surface area contributed by atoms with Crippen molar-refractivity contribution in [2.24, 2.45) is 0 Å². The van der Waals surface area contributed by atoms with Crippen LogP contribution >= 0.6 is 11.3 Å². The number of benzene rings is 2. The van der Waals surface area contributed by atoms with Crippen LogP contribution in [-0.4, -0.2) is 11.6 Å². The van der Waals surface area contributed by atoms with Crippen molar-refractivity contribution in [1.29, 1.82) is 0 Å². The highest BCUT2D eigenvalue weighted by Gasteiger charge is 2.05. The van der Waals surface area contributed by atoms with E-state index in [-0.39, 0.29) is 0 Å². The lowest BCUT2D eigenvalue weighted by Crippen LogP contribution is -2.01. The predicted molar refractivity (Wildman–Crippen MR) is 97.0 cm³/mol. The van der Waals surface area contributed by atoms with Crippen molar-refractivity contribution < 1.29 is 4.74 Å². The summed E-state index contributed by atoms with van der Waals surface area (Å²) in [6.07, 6.45) is 1.87. The van der Waals surface area contributed by atoms with E-state index < -0.39 is 0 Å². The molecule has 0 aliphatic heterocycles. The Hall–Kier alpha value is -2.33. The second-order valence-electron chi connectivity index (χ2n) is 5.34. The van der Waals surface area contributed by atoms with Crippen LogP contribution in [0.2, 0.25) is 0 Å². The Kier molecular flexibility index (Phi) is 4.93. The van der Waals surface area contributed by atoms with E-state index in [1.165, 1.54) is 11.1 Å². The van der Waals surface area contributed by atoms with Gasteiger partial charge in [-0.3, -0.25) is 0 Å². The van der Waals surface area contributed by atoms with Crippen molar-refractivity contribution >= 4 is 17.0 Å². The van der Waals surface area contributed by atoms with E-state index in [0.29, 0.717) is 6.61 Å². The number of rotatable bonds is 6. The molecule has 0 bridgehead atoms. The third kappa shape index (κ3) is 4.11. The number of ether oxygens (including phenoxy) is 1. The third-order valence-corrected chi connectivity index (χ3v) is 4.58. The highest BCUT2D eigenvalue weighted by molar-refractivity contribution is 7.09. The first-order chi connectivity index (χ1) is 11.2. The third-order valence-electron chi connectivity index (χ3n) is 3.67. The highest BCUT2D eigenvalue weighted by Crippen LogP contribution is 2.23. The van der Waals surface area contributed by atoms with Gasteiger partial charge in [0.15, 0.2) is 0 Å². The summed E-state index contributed by atoms with van der Waals surface area (Å²) in [7, 11) is 0. The van der Waals surface area contributed by atoms with Crippen LogP contribution in [-0.2, 0) is 12.8 Å². The van der Waals surface area contributed by atoms with E-state index in [1.54, 1.807) is 11.3 Å². The molecule has 0 saturated heterocycles. The molecule has 0 saturated carbocycles. The van der Waals surface area contributed by atoms with Crippen LogP contribution in [0.25, 0.3) is 11.3 Å². The average Bonchev–Trinajstić information content (AvgIpc) is 3.06. The number of nitrogens with zero attached hydrogens (tertiary/aromatic N) is 1. The maximum Gasteiger partial charge on any atom is 0.119 e. The minimum Gasteiger partial charge on any atom is -0.493 e. The second kappa shape index (κ2) is 7.29. The monoisotopic (exact) mass is 324 g/mol. The van der Waals surface area contributed by atoms with Crippen molar-refractivity contribution in [2.45, 2.75) is 19.8 Å². The van der Waals surface area contributed by atoms with Crippen LogP contribution in [0, 0.1) is 0 Å². The molecular formula is C19H20N2OS. The number of anilines is 1. The fraction of sp³-hybridized carbons (Fsp3) is 0.211. The summed E-state index contributed by atoms with van der Waals surface area (Å²) in [5.41, 5.74) is 9.97. The largest absolute Gasteiger partial charge is 0.493 e. The van der Waals surface area contributed by atoms with Crippen molar-refractivity contribution in [1.82, 2.24) is 4.98 Å². The van der Waals surface area contributed by atoms with Gasteiger partial charge < -0.3 is 10.5 Å². The zero-order chi connectivity index (χ0) is 16.1. The summed E-state index contributed by atoms with van der Waals surface area (Å²) in [6.45, 7) is 2.78. The van der Waals surface area contributed by atoms with Crippen LogP contribution < -0.4 is 10.5 Å². The number of aromatic nitrogens is 1. The van der Waals surface area contributed by atoms with E-state index in [4.69, 9.17) is 15.5 Å². The molecule has 118 valence electrons. The van der Waals surface area contributed by atoms with Gasteiger partial charge >= 0.3 is 0 Å². The van der Waals surface area contributed by atoms with Gasteiger partial charge in [0.05, 0.1) is 17.3 Å². The summed E-state index contributed by atoms with van der Waals surface area (Å²) in [5.74, 6) is 0.839. The molecule has 0 amide bonds. The fourth-order valence-corrected chi connectivity index (χ4v) is 3.08. The number of nitrogen functional groups attached to an aromatic ring is 1. The van der Waals surface area contributed by atoms with Crippen molar-refractivity contribution in [2.75, 3.05) is 12.3 Å². The molecule has 23 heavy (non-hydrogen) atoms. The van der Waals surface area contributed by atoms with Crippen LogP contribution in [0.1, 0.15) is 17.5 Å². The minimum atomic E-state index is 0.617. The quantitative estimate of drug-likeness (QED) is 0.675. The van der Waals surface area contributed by atoms with E-state index in [2.05, 4.69) is 36.6 Å². The Morgan fingerprint density at radius 3 is 2.48 bits per heavy atom. The first kappa shape index (κ1) is 15.6. The van der Waals surface area contributed by atoms with E-state index >= 15 is 0 Å². The molecule has 4 heteroatoms. The molecule has 3 rings (SSSR count). The Balaban J connectivity index is 1.57. The molecule has 0 fully saturated rings. The lowest BCUT2D eigenvalue weighted by Gasteiger charge is -2.04. The van der Waals surface area contributed by atoms with Crippen molar-refractivity contribution in [3.8, 4) is 17.0 Å². The van der Waals surface area contributed by atoms with Crippen LogP contribution in [0.15, 0.2) is 53.9 Å². The van der Waals surface area contributed by atoms with E-state index in [1.807, 2.05) is 24.3 Å². The molecule has 3 aromatic rings. The summed E-state index contributed by atoms with van der Waals surface area (Å²) in [4.78, 5) is 4.70. The standard InChI is InChI=1S/C19H20N2OS/c1-2-14-3-5-15(6-4-14)18-13-23-19(21-18)11-12-22-17-9-7-16(20)8-10-17/h3-10,13H,2,11-12,20H2,1H3. The summed E-state index contributed by atoms with van der Waals surface area (Å²) in [6, 6.07) is 16.1. The van der Waals surface area contributed by atoms with Gasteiger partial charge in [0.2, 0.25) is 0 Å². The first-order valence-corrected chi connectivity index (χ1v) is 8.64. The summed E-state index contributed by atoms with van der Waals surface area (Å²) >= 11 is 1.68. The molecule has 1 aromatic heterocycles. The van der Waals surface area contributed by atoms with Crippen LogP contribution in [0.4, 0.5) is 5.69 Å². The molecule has 0 radical (unpaired) electrons. The zero-order valence-corrected chi connectivity index (χ0v) is 14.0. The maximum absolute atomic E-state index is 5.72. The van der Waals surface area contributed by atoms with Gasteiger partial charge in [0.1, 0.15) is 5.75 Å². The van der Waals surface area contributed by atoms with E-state index in [9.17, 15) is 0 Å². The number of aryl methyl sites for hydroxylation is 1. The number of hydrogen-bond acceptors (Lipinski definition) is 4. The SMILES string of the molecule is CCc1ccc(-c2csc(CCOc3ccc(N)cc3)n2)cc1. The van der Waals surface area contributed by atoms with Gasteiger partial charge in [-0.1, -0.05) is 31.2 Å². The number of hydrogen-bond donors (Lipinski definition) is 1. The zero-order valence-electron chi connectivity index (χ0n) is 13.2. The Bertz CT molecular complexity index is 748. The van der Waals surface area contributed by atoms with Crippen LogP contribution in [0.5, 0.6) is 5.75 Å². The van der Waals surface area contributed by atoms with Crippen molar-refractivity contribution in [3.05, 3.63) is 64.5 Å². The number of thiazole rings is 1. The molecular weight excluding hydrogens is 304 g/mol. The smallest absolute Gasteiger partial charge is 0.119 e. The van der Waals surface area contributed by atoms with Gasteiger partial charge in [-0.15, -0.1) is 11.3 Å². The van der Waals surface area contributed by atoms with Gasteiger partial charge in [-0.05, 0) is 36.2 Å². The van der Waals surface area contributed by atoms with Gasteiger partial charge in [-0.25, -0.2) is 4.98 Å². The Morgan fingerprint density at radius 1 is 1.04 bits per heavy atom. The molecule has 3 nitrogen and oxygen atoms in total. The molecule has 2 aromatic carbocycles.